The van der Waals surface area contributed by atoms with Gasteiger partial charge in [-0.1, -0.05) is 19.0 Å². The largest absolute Gasteiger partial charge is 0.337 e. The normalized spacial score (nSPS) is 10.9. The molecule has 0 saturated heterocycles. The summed E-state index contributed by atoms with van der Waals surface area (Å²) in [5, 5.41) is 3.89. The molecule has 0 unspecified atom stereocenters. The molecule has 0 aromatic carbocycles. The van der Waals surface area contributed by atoms with E-state index in [4.69, 9.17) is 4.52 Å². The average molecular weight is 338 g/mol. The minimum absolute atomic E-state index is 0.174. The zero-order valence-electron chi connectivity index (χ0n) is 14.2. The van der Waals surface area contributed by atoms with Crippen molar-refractivity contribution in [2.45, 2.75) is 26.3 Å². The molecule has 25 heavy (non-hydrogen) atoms. The summed E-state index contributed by atoms with van der Waals surface area (Å²) in [6.07, 6.45) is 6.35. The van der Waals surface area contributed by atoms with Crippen LogP contribution in [0.5, 0.6) is 0 Å². The number of pyridine rings is 1. The second kappa shape index (κ2) is 7.16. The first-order valence-electron chi connectivity index (χ1n) is 7.85. The van der Waals surface area contributed by atoms with Gasteiger partial charge in [-0.25, -0.2) is 9.97 Å². The summed E-state index contributed by atoms with van der Waals surface area (Å²) in [4.78, 5) is 30.7. The number of nitrogens with zero attached hydrogens (tertiary/aromatic N) is 6. The molecule has 3 aromatic heterocycles. The Morgan fingerprint density at radius 1 is 1.20 bits per heavy atom. The minimum Gasteiger partial charge on any atom is -0.337 e. The molecule has 0 aliphatic heterocycles. The number of carbonyl (C=O) groups is 1. The lowest BCUT2D eigenvalue weighted by Crippen LogP contribution is -2.26. The van der Waals surface area contributed by atoms with E-state index in [2.05, 4.69) is 25.1 Å². The molecule has 1 amide bonds. The molecule has 0 bridgehead atoms. The van der Waals surface area contributed by atoms with Crippen molar-refractivity contribution in [2.75, 3.05) is 7.05 Å². The average Bonchev–Trinajstić information content (AvgIpc) is 3.11. The van der Waals surface area contributed by atoms with Crippen molar-refractivity contribution in [1.82, 2.24) is 30.0 Å². The van der Waals surface area contributed by atoms with E-state index < -0.39 is 0 Å². The lowest BCUT2D eigenvalue weighted by atomic mass is 10.2. The Bertz CT molecular complexity index is 845. The maximum absolute atomic E-state index is 12.5. The number of hydrogen-bond donors (Lipinski definition) is 0. The molecule has 0 radical (unpaired) electrons. The predicted octanol–water partition coefficient (Wildman–Crippen LogP) is 2.32. The van der Waals surface area contributed by atoms with Gasteiger partial charge in [-0.3, -0.25) is 9.78 Å². The first kappa shape index (κ1) is 16.7. The summed E-state index contributed by atoms with van der Waals surface area (Å²) in [7, 11) is 1.67. The lowest BCUT2D eigenvalue weighted by molar-refractivity contribution is 0.0768. The summed E-state index contributed by atoms with van der Waals surface area (Å²) in [5.74, 6) is 1.52. The van der Waals surface area contributed by atoms with Gasteiger partial charge in [0.1, 0.15) is 0 Å². The summed E-state index contributed by atoms with van der Waals surface area (Å²) < 4.78 is 5.17. The molecule has 3 aromatic rings. The van der Waals surface area contributed by atoms with Crippen LogP contribution in [0.1, 0.15) is 41.8 Å². The molecule has 3 heterocycles. The summed E-state index contributed by atoms with van der Waals surface area (Å²) in [6.45, 7) is 4.18. The van der Waals surface area contributed by atoms with E-state index in [0.717, 1.165) is 5.56 Å². The van der Waals surface area contributed by atoms with Crippen LogP contribution in [0.3, 0.4) is 0 Å². The number of carbonyl (C=O) groups excluding carboxylic acids is 1. The van der Waals surface area contributed by atoms with Crippen molar-refractivity contribution < 1.29 is 9.32 Å². The highest BCUT2D eigenvalue weighted by Crippen LogP contribution is 2.14. The summed E-state index contributed by atoms with van der Waals surface area (Å²) >= 11 is 0. The van der Waals surface area contributed by atoms with E-state index in [1.807, 2.05) is 26.0 Å². The lowest BCUT2D eigenvalue weighted by Gasteiger charge is -2.14. The molecular formula is C17H18N6O2. The molecule has 0 aliphatic carbocycles. The Hall–Kier alpha value is -3.16. The third-order valence-corrected chi connectivity index (χ3v) is 3.56. The van der Waals surface area contributed by atoms with E-state index in [9.17, 15) is 4.79 Å². The van der Waals surface area contributed by atoms with Crippen LogP contribution < -0.4 is 0 Å². The highest BCUT2D eigenvalue weighted by atomic mass is 16.5. The van der Waals surface area contributed by atoms with Crippen molar-refractivity contribution >= 4 is 5.91 Å². The van der Waals surface area contributed by atoms with Crippen molar-refractivity contribution in [2.24, 2.45) is 0 Å². The maximum atomic E-state index is 12.5. The maximum Gasteiger partial charge on any atom is 0.257 e. The van der Waals surface area contributed by atoms with Crippen molar-refractivity contribution in [3.8, 4) is 11.4 Å². The van der Waals surface area contributed by atoms with E-state index >= 15 is 0 Å². The first-order chi connectivity index (χ1) is 12.0. The van der Waals surface area contributed by atoms with Crippen LogP contribution in [0, 0.1) is 0 Å². The van der Waals surface area contributed by atoms with Gasteiger partial charge in [0.2, 0.25) is 5.89 Å². The second-order valence-corrected chi connectivity index (χ2v) is 5.89. The molecule has 0 spiro atoms. The molecule has 0 saturated carbocycles. The van der Waals surface area contributed by atoms with Crippen LogP contribution in [0.15, 0.2) is 41.4 Å². The SMILES string of the molecule is CC(C)c1noc(CN(C)C(=O)c2cnc(-c3ccncc3)nc2)n1. The van der Waals surface area contributed by atoms with Gasteiger partial charge >= 0.3 is 0 Å². The quantitative estimate of drug-likeness (QED) is 0.704. The summed E-state index contributed by atoms with van der Waals surface area (Å²) in [6, 6.07) is 3.62. The Morgan fingerprint density at radius 2 is 1.88 bits per heavy atom. The monoisotopic (exact) mass is 338 g/mol. The number of rotatable bonds is 5. The van der Waals surface area contributed by atoms with Crippen molar-refractivity contribution in [3.63, 3.8) is 0 Å². The highest BCUT2D eigenvalue weighted by molar-refractivity contribution is 5.93. The molecule has 128 valence electrons. The Morgan fingerprint density at radius 3 is 2.48 bits per heavy atom. The van der Waals surface area contributed by atoms with Crippen LogP contribution in [-0.2, 0) is 6.54 Å². The first-order valence-corrected chi connectivity index (χ1v) is 7.85. The van der Waals surface area contributed by atoms with Gasteiger partial charge in [0.05, 0.1) is 12.1 Å². The van der Waals surface area contributed by atoms with E-state index in [0.29, 0.717) is 23.1 Å². The topological polar surface area (TPSA) is 97.9 Å². The standard InChI is InChI=1S/C17H18N6O2/c1-11(2)15-21-14(25-22-15)10-23(3)17(24)13-8-19-16(20-9-13)12-4-6-18-7-5-12/h4-9,11H,10H2,1-3H3. The molecule has 0 fully saturated rings. The van der Waals surface area contributed by atoms with E-state index in [-0.39, 0.29) is 18.4 Å². The molecule has 8 nitrogen and oxygen atoms in total. The Balaban J connectivity index is 1.69. The zero-order valence-corrected chi connectivity index (χ0v) is 14.2. The van der Waals surface area contributed by atoms with E-state index in [1.54, 1.807) is 19.4 Å². The van der Waals surface area contributed by atoms with Gasteiger partial charge in [-0.15, -0.1) is 0 Å². The van der Waals surface area contributed by atoms with Crippen LogP contribution >= 0.6 is 0 Å². The van der Waals surface area contributed by atoms with Crippen molar-refractivity contribution in [3.05, 3.63) is 54.2 Å². The van der Waals surface area contributed by atoms with E-state index in [1.165, 1.54) is 17.3 Å². The molecule has 0 N–H and O–H groups in total. The number of amides is 1. The summed E-state index contributed by atoms with van der Waals surface area (Å²) in [5.41, 5.74) is 1.23. The fourth-order valence-corrected chi connectivity index (χ4v) is 2.15. The molecule has 0 aliphatic rings. The minimum atomic E-state index is -0.217. The van der Waals surface area contributed by atoms with Crippen molar-refractivity contribution in [1.29, 1.82) is 0 Å². The Labute approximate surface area is 145 Å². The highest BCUT2D eigenvalue weighted by Gasteiger charge is 2.17. The number of aromatic nitrogens is 5. The van der Waals surface area contributed by atoms with Gasteiger partial charge in [-0.2, -0.15) is 4.98 Å². The molecular weight excluding hydrogens is 320 g/mol. The third kappa shape index (κ3) is 3.85. The fourth-order valence-electron chi connectivity index (χ4n) is 2.15. The van der Waals surface area contributed by atoms with Gasteiger partial charge < -0.3 is 9.42 Å². The van der Waals surface area contributed by atoms with Gasteiger partial charge in [0.25, 0.3) is 5.91 Å². The fraction of sp³-hybridized carbons (Fsp3) is 0.294. The second-order valence-electron chi connectivity index (χ2n) is 5.89. The van der Waals surface area contributed by atoms with Gasteiger partial charge in [0.15, 0.2) is 11.6 Å². The van der Waals surface area contributed by atoms with Gasteiger partial charge in [-0.05, 0) is 12.1 Å². The smallest absolute Gasteiger partial charge is 0.257 e. The van der Waals surface area contributed by atoms with Crippen LogP contribution in [-0.4, -0.2) is 42.9 Å². The van der Waals surface area contributed by atoms with Crippen LogP contribution in [0.2, 0.25) is 0 Å². The predicted molar refractivity (Wildman–Crippen MR) is 89.4 cm³/mol. The molecule has 0 atom stereocenters. The van der Waals surface area contributed by atoms with Crippen LogP contribution in [0.4, 0.5) is 0 Å². The Kier molecular flexibility index (Phi) is 4.78. The molecule has 3 rings (SSSR count). The number of hydrogen-bond acceptors (Lipinski definition) is 7. The third-order valence-electron chi connectivity index (χ3n) is 3.56. The van der Waals surface area contributed by atoms with Crippen LogP contribution in [0.25, 0.3) is 11.4 Å². The molecule has 8 heteroatoms. The zero-order chi connectivity index (χ0) is 17.8. The van der Waals surface area contributed by atoms with Gasteiger partial charge in [0, 0.05) is 43.3 Å².